The van der Waals surface area contributed by atoms with E-state index >= 15 is 0 Å². The molecule has 2 atom stereocenters. The Kier molecular flexibility index (Phi) is 7.13. The molecule has 0 aromatic heterocycles. The lowest BCUT2D eigenvalue weighted by Crippen LogP contribution is -2.50. The van der Waals surface area contributed by atoms with Crippen LogP contribution in [0.25, 0.3) is 0 Å². The van der Waals surface area contributed by atoms with Gasteiger partial charge in [0.25, 0.3) is 0 Å². The second-order valence-corrected chi connectivity index (χ2v) is 7.37. The van der Waals surface area contributed by atoms with Gasteiger partial charge in [-0.2, -0.15) is 0 Å². The predicted octanol–water partition coefficient (Wildman–Crippen LogP) is 1.79. The van der Waals surface area contributed by atoms with E-state index < -0.39 is 17.7 Å². The van der Waals surface area contributed by atoms with Crippen LogP contribution in [0.3, 0.4) is 0 Å². The molecule has 1 heterocycles. The van der Waals surface area contributed by atoms with Crippen molar-refractivity contribution in [2.45, 2.75) is 71.6 Å². The van der Waals surface area contributed by atoms with Crippen molar-refractivity contribution in [1.29, 1.82) is 0 Å². The van der Waals surface area contributed by atoms with E-state index in [4.69, 9.17) is 4.74 Å². The number of carbonyl (C=O) groups is 2. The van der Waals surface area contributed by atoms with E-state index in [9.17, 15) is 9.59 Å². The van der Waals surface area contributed by atoms with Crippen LogP contribution in [0, 0.1) is 5.92 Å². The number of carbonyl (C=O) groups excluding carboxylic acids is 2. The summed E-state index contributed by atoms with van der Waals surface area (Å²) in [6.45, 7) is 11.1. The minimum atomic E-state index is -0.573. The monoisotopic (exact) mass is 313 g/mol. The Morgan fingerprint density at radius 1 is 1.32 bits per heavy atom. The van der Waals surface area contributed by atoms with Gasteiger partial charge in [-0.05, 0) is 52.5 Å². The second-order valence-electron chi connectivity index (χ2n) is 7.37. The molecule has 6 heteroatoms. The number of amides is 2. The Bertz CT molecular complexity index is 371. The van der Waals surface area contributed by atoms with Crippen LogP contribution in [0.15, 0.2) is 0 Å². The van der Waals surface area contributed by atoms with E-state index in [-0.39, 0.29) is 5.91 Å². The van der Waals surface area contributed by atoms with E-state index in [0.717, 1.165) is 19.4 Å². The molecule has 0 unspecified atom stereocenters. The third-order valence-electron chi connectivity index (χ3n) is 3.40. The average molecular weight is 313 g/mol. The lowest BCUT2D eigenvalue weighted by molar-refractivity contribution is -0.123. The standard InChI is InChI=1S/C16H31N3O3/c1-11(2)9-13(19-15(21)22-16(3,4)5)14(20)18-10-12-7-6-8-17-12/h11-13,17H,6-10H2,1-5H3,(H,18,20)(H,19,21)/t12-,13-/m0/s1. The van der Waals surface area contributed by atoms with E-state index in [1.807, 2.05) is 13.8 Å². The fourth-order valence-corrected chi connectivity index (χ4v) is 2.43. The number of hydrogen-bond acceptors (Lipinski definition) is 4. The zero-order chi connectivity index (χ0) is 16.8. The van der Waals surface area contributed by atoms with Crippen molar-refractivity contribution >= 4 is 12.0 Å². The largest absolute Gasteiger partial charge is 0.444 e. The van der Waals surface area contributed by atoms with E-state index in [2.05, 4.69) is 16.0 Å². The summed E-state index contributed by atoms with van der Waals surface area (Å²) >= 11 is 0. The van der Waals surface area contributed by atoms with Gasteiger partial charge in [0.15, 0.2) is 0 Å². The summed E-state index contributed by atoms with van der Waals surface area (Å²) in [5.74, 6) is 0.156. The second kappa shape index (κ2) is 8.36. The van der Waals surface area contributed by atoms with Gasteiger partial charge in [0.2, 0.25) is 5.91 Å². The molecule has 1 saturated heterocycles. The van der Waals surface area contributed by atoms with Gasteiger partial charge < -0.3 is 20.7 Å². The molecular formula is C16H31N3O3. The highest BCUT2D eigenvalue weighted by molar-refractivity contribution is 5.85. The van der Waals surface area contributed by atoms with Crippen LogP contribution in [0.1, 0.15) is 53.9 Å². The summed E-state index contributed by atoms with van der Waals surface area (Å²) in [6, 6.07) is -0.221. The molecule has 0 bridgehead atoms. The molecule has 1 aliphatic rings. The van der Waals surface area contributed by atoms with E-state index in [1.165, 1.54) is 0 Å². The first-order chi connectivity index (χ1) is 10.2. The Labute approximate surface area is 133 Å². The quantitative estimate of drug-likeness (QED) is 0.698. The molecule has 0 aromatic carbocycles. The van der Waals surface area contributed by atoms with Gasteiger partial charge in [-0.25, -0.2) is 4.79 Å². The van der Waals surface area contributed by atoms with Gasteiger partial charge in [0, 0.05) is 12.6 Å². The van der Waals surface area contributed by atoms with Crippen molar-refractivity contribution in [1.82, 2.24) is 16.0 Å². The molecule has 128 valence electrons. The average Bonchev–Trinajstić information content (AvgIpc) is 2.85. The normalized spacial score (nSPS) is 19.8. The fourth-order valence-electron chi connectivity index (χ4n) is 2.43. The molecule has 1 rings (SSSR count). The van der Waals surface area contributed by atoms with E-state index in [1.54, 1.807) is 20.8 Å². The van der Waals surface area contributed by atoms with Crippen molar-refractivity contribution in [2.75, 3.05) is 13.1 Å². The smallest absolute Gasteiger partial charge is 0.408 e. The Morgan fingerprint density at radius 2 is 2.00 bits per heavy atom. The molecule has 0 radical (unpaired) electrons. The van der Waals surface area contributed by atoms with Crippen molar-refractivity contribution < 1.29 is 14.3 Å². The molecule has 1 fully saturated rings. The lowest BCUT2D eigenvalue weighted by Gasteiger charge is -2.24. The highest BCUT2D eigenvalue weighted by Crippen LogP contribution is 2.10. The lowest BCUT2D eigenvalue weighted by atomic mass is 10.0. The van der Waals surface area contributed by atoms with Crippen LogP contribution in [0.4, 0.5) is 4.79 Å². The summed E-state index contributed by atoms with van der Waals surface area (Å²) in [4.78, 5) is 24.2. The summed E-state index contributed by atoms with van der Waals surface area (Å²) in [6.07, 6.45) is 2.26. The van der Waals surface area contributed by atoms with E-state index in [0.29, 0.717) is 24.9 Å². The van der Waals surface area contributed by atoms with Crippen molar-refractivity contribution in [3.8, 4) is 0 Å². The van der Waals surface area contributed by atoms with Gasteiger partial charge in [-0.3, -0.25) is 4.79 Å². The predicted molar refractivity (Wildman–Crippen MR) is 86.6 cm³/mol. The van der Waals surface area contributed by atoms with Gasteiger partial charge in [-0.15, -0.1) is 0 Å². The highest BCUT2D eigenvalue weighted by Gasteiger charge is 2.25. The molecule has 2 amide bonds. The van der Waals surface area contributed by atoms with Gasteiger partial charge in [0.1, 0.15) is 11.6 Å². The van der Waals surface area contributed by atoms with Gasteiger partial charge in [-0.1, -0.05) is 13.8 Å². The van der Waals surface area contributed by atoms with Crippen molar-refractivity contribution in [3.05, 3.63) is 0 Å². The summed E-state index contributed by atoms with van der Waals surface area (Å²) < 4.78 is 5.24. The zero-order valence-corrected chi connectivity index (χ0v) is 14.5. The first-order valence-corrected chi connectivity index (χ1v) is 8.18. The zero-order valence-electron chi connectivity index (χ0n) is 14.5. The highest BCUT2D eigenvalue weighted by atomic mass is 16.6. The molecule has 1 aliphatic heterocycles. The molecule has 22 heavy (non-hydrogen) atoms. The summed E-state index contributed by atoms with van der Waals surface area (Å²) in [7, 11) is 0. The minimum absolute atomic E-state index is 0.145. The molecule has 0 aliphatic carbocycles. The maximum Gasteiger partial charge on any atom is 0.408 e. The molecule has 0 saturated carbocycles. The van der Waals surface area contributed by atoms with Gasteiger partial charge >= 0.3 is 6.09 Å². The Hall–Kier alpha value is -1.30. The number of nitrogens with one attached hydrogen (secondary N) is 3. The van der Waals surface area contributed by atoms with Gasteiger partial charge in [0.05, 0.1) is 0 Å². The first-order valence-electron chi connectivity index (χ1n) is 8.18. The molecule has 6 nitrogen and oxygen atoms in total. The van der Waals surface area contributed by atoms with Crippen LogP contribution < -0.4 is 16.0 Å². The van der Waals surface area contributed by atoms with Crippen LogP contribution in [-0.2, 0) is 9.53 Å². The Balaban J connectivity index is 2.50. The molecule has 0 spiro atoms. The third kappa shape index (κ3) is 7.64. The number of alkyl carbamates (subject to hydrolysis) is 1. The Morgan fingerprint density at radius 3 is 2.50 bits per heavy atom. The van der Waals surface area contributed by atoms with Crippen LogP contribution >= 0.6 is 0 Å². The SMILES string of the molecule is CC(C)C[C@H](NC(=O)OC(C)(C)C)C(=O)NC[C@@H]1CCCN1. The van der Waals surface area contributed by atoms with Crippen LogP contribution in [-0.4, -0.2) is 42.8 Å². The van der Waals surface area contributed by atoms with Crippen molar-refractivity contribution in [3.63, 3.8) is 0 Å². The maximum atomic E-state index is 12.3. The topological polar surface area (TPSA) is 79.5 Å². The molecule has 0 aromatic rings. The van der Waals surface area contributed by atoms with Crippen LogP contribution in [0.5, 0.6) is 0 Å². The third-order valence-corrected chi connectivity index (χ3v) is 3.40. The number of ether oxygens (including phenoxy) is 1. The molecular weight excluding hydrogens is 282 g/mol. The first kappa shape index (κ1) is 18.7. The maximum absolute atomic E-state index is 12.3. The van der Waals surface area contributed by atoms with Crippen molar-refractivity contribution in [2.24, 2.45) is 5.92 Å². The van der Waals surface area contributed by atoms with Crippen LogP contribution in [0.2, 0.25) is 0 Å². The summed E-state index contributed by atoms with van der Waals surface area (Å²) in [5, 5.41) is 8.95. The molecule has 3 N–H and O–H groups in total. The minimum Gasteiger partial charge on any atom is -0.444 e. The number of rotatable bonds is 6. The fraction of sp³-hybridized carbons (Fsp3) is 0.875. The number of hydrogen-bond donors (Lipinski definition) is 3. The summed E-state index contributed by atoms with van der Waals surface area (Å²) in [5.41, 5.74) is -0.573.